The lowest BCUT2D eigenvalue weighted by Gasteiger charge is -2.08. The maximum absolute atomic E-state index is 12.0. The van der Waals surface area contributed by atoms with Crippen LogP contribution in [0.15, 0.2) is 27.6 Å². The van der Waals surface area contributed by atoms with Crippen LogP contribution in [0.4, 0.5) is 5.69 Å². The molecule has 1 saturated carbocycles. The molecule has 0 unspecified atom stereocenters. The first-order valence-corrected chi connectivity index (χ1v) is 7.79. The Morgan fingerprint density at radius 2 is 2.12 bits per heavy atom. The zero-order valence-electron chi connectivity index (χ0n) is 9.23. The van der Waals surface area contributed by atoms with E-state index in [9.17, 15) is 8.42 Å². The number of hydrogen-bond donors (Lipinski definition) is 1. The van der Waals surface area contributed by atoms with Crippen LogP contribution in [0.5, 0.6) is 0 Å². The highest BCUT2D eigenvalue weighted by Crippen LogP contribution is 2.30. The van der Waals surface area contributed by atoms with E-state index in [0.29, 0.717) is 22.7 Å². The molecule has 17 heavy (non-hydrogen) atoms. The van der Waals surface area contributed by atoms with Gasteiger partial charge >= 0.3 is 0 Å². The molecule has 0 radical (unpaired) electrons. The first-order chi connectivity index (χ1) is 7.99. The van der Waals surface area contributed by atoms with Crippen LogP contribution in [0, 0.1) is 5.92 Å². The first kappa shape index (κ1) is 12.9. The minimum absolute atomic E-state index is 0.225. The number of nitrogen functional groups attached to an aromatic ring is 1. The summed E-state index contributed by atoms with van der Waals surface area (Å²) in [5, 5.41) is 0. The zero-order valence-corrected chi connectivity index (χ0v) is 11.6. The molecule has 0 heterocycles. The van der Waals surface area contributed by atoms with Crippen LogP contribution < -0.4 is 5.73 Å². The van der Waals surface area contributed by atoms with Gasteiger partial charge < -0.3 is 10.5 Å². The second kappa shape index (κ2) is 4.96. The Kier molecular flexibility index (Phi) is 3.75. The van der Waals surface area contributed by atoms with E-state index in [-0.39, 0.29) is 10.8 Å². The minimum Gasteiger partial charge on any atom is -0.399 e. The van der Waals surface area contributed by atoms with E-state index in [0.717, 1.165) is 12.8 Å². The quantitative estimate of drug-likeness (QED) is 0.845. The van der Waals surface area contributed by atoms with Crippen LogP contribution in [-0.4, -0.2) is 21.0 Å². The Morgan fingerprint density at radius 1 is 1.41 bits per heavy atom. The van der Waals surface area contributed by atoms with E-state index in [1.54, 1.807) is 12.1 Å². The van der Waals surface area contributed by atoms with E-state index in [2.05, 4.69) is 15.9 Å². The summed E-state index contributed by atoms with van der Waals surface area (Å²) >= 11 is 3.20. The van der Waals surface area contributed by atoms with E-state index in [1.807, 2.05) is 0 Å². The van der Waals surface area contributed by atoms with Crippen LogP contribution in [0.2, 0.25) is 0 Å². The normalized spacial score (nSPS) is 16.1. The molecular formula is C11H14BrNO3S. The first-order valence-electron chi connectivity index (χ1n) is 5.34. The van der Waals surface area contributed by atoms with E-state index >= 15 is 0 Å². The van der Waals surface area contributed by atoms with E-state index in [4.69, 9.17) is 10.5 Å². The van der Waals surface area contributed by atoms with Crippen LogP contribution in [-0.2, 0) is 14.6 Å². The van der Waals surface area contributed by atoms with Gasteiger partial charge in [-0.25, -0.2) is 8.42 Å². The van der Waals surface area contributed by atoms with Crippen molar-refractivity contribution < 1.29 is 13.2 Å². The summed E-state index contributed by atoms with van der Waals surface area (Å²) in [7, 11) is -3.40. The van der Waals surface area contributed by atoms with Gasteiger partial charge in [-0.3, -0.25) is 0 Å². The molecule has 0 spiro atoms. The summed E-state index contributed by atoms with van der Waals surface area (Å²) < 4.78 is 29.6. The smallest absolute Gasteiger partial charge is 0.203 e. The predicted octanol–water partition coefficient (Wildman–Crippen LogP) is 2.19. The predicted molar refractivity (Wildman–Crippen MR) is 69.3 cm³/mol. The van der Waals surface area contributed by atoms with Gasteiger partial charge in [0.15, 0.2) is 5.94 Å². The number of sulfone groups is 1. The van der Waals surface area contributed by atoms with Gasteiger partial charge in [0.2, 0.25) is 9.84 Å². The standard InChI is InChI=1S/C11H14BrNO3S/c12-10-5-9(13)3-4-11(10)17(14,15)7-16-6-8-1-2-8/h3-5,8H,1-2,6-7,13H2. The molecule has 1 aliphatic rings. The summed E-state index contributed by atoms with van der Waals surface area (Å²) in [4.78, 5) is 0.225. The highest BCUT2D eigenvalue weighted by molar-refractivity contribution is 9.10. The molecule has 4 nitrogen and oxygen atoms in total. The molecule has 0 aliphatic heterocycles. The lowest BCUT2D eigenvalue weighted by Crippen LogP contribution is -2.12. The second-order valence-corrected chi connectivity index (χ2v) is 7.00. The average molecular weight is 320 g/mol. The molecule has 1 aromatic carbocycles. The summed E-state index contributed by atoms with van der Waals surface area (Å²) in [6.07, 6.45) is 2.29. The molecule has 0 aromatic heterocycles. The van der Waals surface area contributed by atoms with Gasteiger partial charge in [-0.05, 0) is 52.9 Å². The van der Waals surface area contributed by atoms with Crippen molar-refractivity contribution >= 4 is 31.5 Å². The Hall–Kier alpha value is -0.590. The van der Waals surface area contributed by atoms with Crippen molar-refractivity contribution in [1.82, 2.24) is 0 Å². The Labute approximate surface area is 109 Å². The molecule has 6 heteroatoms. The largest absolute Gasteiger partial charge is 0.399 e. The van der Waals surface area contributed by atoms with Gasteiger partial charge in [0.05, 0.1) is 11.5 Å². The number of halogens is 1. The Bertz CT molecular complexity index is 511. The summed E-state index contributed by atoms with van der Waals surface area (Å²) in [6.45, 7) is 0.534. The van der Waals surface area contributed by atoms with Gasteiger partial charge in [-0.2, -0.15) is 0 Å². The SMILES string of the molecule is Nc1ccc(S(=O)(=O)COCC2CC2)c(Br)c1. The highest BCUT2D eigenvalue weighted by Gasteiger charge is 2.24. The van der Waals surface area contributed by atoms with Crippen molar-refractivity contribution in [3.8, 4) is 0 Å². The van der Waals surface area contributed by atoms with Gasteiger partial charge in [-0.1, -0.05) is 0 Å². The van der Waals surface area contributed by atoms with Crippen molar-refractivity contribution in [3.05, 3.63) is 22.7 Å². The Morgan fingerprint density at radius 3 is 2.71 bits per heavy atom. The molecule has 94 valence electrons. The third-order valence-electron chi connectivity index (χ3n) is 2.58. The number of nitrogens with two attached hydrogens (primary N) is 1. The fourth-order valence-electron chi connectivity index (χ4n) is 1.44. The number of rotatable bonds is 5. The summed E-state index contributed by atoms with van der Waals surface area (Å²) in [6, 6.07) is 4.64. The van der Waals surface area contributed by atoms with Crippen molar-refractivity contribution in [1.29, 1.82) is 0 Å². The minimum atomic E-state index is -3.40. The topological polar surface area (TPSA) is 69.4 Å². The number of ether oxygens (including phenoxy) is 1. The lowest BCUT2D eigenvalue weighted by atomic mass is 10.3. The maximum atomic E-state index is 12.0. The van der Waals surface area contributed by atoms with Gasteiger partial charge in [0.25, 0.3) is 0 Å². The van der Waals surface area contributed by atoms with Crippen LogP contribution in [0.3, 0.4) is 0 Å². The molecule has 2 N–H and O–H groups in total. The summed E-state index contributed by atoms with van der Waals surface area (Å²) in [5.74, 6) is 0.284. The summed E-state index contributed by atoms with van der Waals surface area (Å²) in [5.41, 5.74) is 6.09. The van der Waals surface area contributed by atoms with Crippen molar-refractivity contribution in [3.63, 3.8) is 0 Å². The third-order valence-corrected chi connectivity index (χ3v) is 5.00. The van der Waals surface area contributed by atoms with Gasteiger partial charge in [0.1, 0.15) is 0 Å². The average Bonchev–Trinajstić information content (AvgIpc) is 3.00. The molecule has 0 saturated heterocycles. The highest BCUT2D eigenvalue weighted by atomic mass is 79.9. The molecule has 0 atom stereocenters. The molecule has 2 rings (SSSR count). The molecule has 0 bridgehead atoms. The second-order valence-electron chi connectivity index (χ2n) is 4.24. The zero-order chi connectivity index (χ0) is 12.5. The fraction of sp³-hybridized carbons (Fsp3) is 0.455. The lowest BCUT2D eigenvalue weighted by molar-refractivity contribution is 0.165. The maximum Gasteiger partial charge on any atom is 0.203 e. The number of benzene rings is 1. The van der Waals surface area contributed by atoms with Crippen molar-refractivity contribution in [2.75, 3.05) is 18.3 Å². The number of anilines is 1. The third kappa shape index (κ3) is 3.43. The van der Waals surface area contributed by atoms with Gasteiger partial charge in [0, 0.05) is 10.2 Å². The van der Waals surface area contributed by atoms with Crippen molar-refractivity contribution in [2.45, 2.75) is 17.7 Å². The van der Waals surface area contributed by atoms with E-state index < -0.39 is 9.84 Å². The number of hydrogen-bond acceptors (Lipinski definition) is 4. The van der Waals surface area contributed by atoms with Crippen LogP contribution in [0.1, 0.15) is 12.8 Å². The van der Waals surface area contributed by atoms with E-state index in [1.165, 1.54) is 6.07 Å². The van der Waals surface area contributed by atoms with Gasteiger partial charge in [-0.15, -0.1) is 0 Å². The molecular weight excluding hydrogens is 306 g/mol. The molecule has 1 fully saturated rings. The molecule has 0 amide bonds. The fourth-order valence-corrected chi connectivity index (χ4v) is 3.65. The molecule has 1 aliphatic carbocycles. The monoisotopic (exact) mass is 319 g/mol. The Balaban J connectivity index is 2.07. The van der Waals surface area contributed by atoms with Crippen LogP contribution in [0.25, 0.3) is 0 Å². The van der Waals surface area contributed by atoms with Crippen LogP contribution >= 0.6 is 15.9 Å². The molecule has 1 aromatic rings. The van der Waals surface area contributed by atoms with Crippen molar-refractivity contribution in [2.24, 2.45) is 5.92 Å².